The molecule has 3 nitrogen and oxygen atoms in total. The van der Waals surface area contributed by atoms with Crippen molar-refractivity contribution in [1.29, 1.82) is 0 Å². The van der Waals surface area contributed by atoms with E-state index in [1.807, 2.05) is 6.26 Å². The highest BCUT2D eigenvalue weighted by Gasteiger charge is 2.28. The third kappa shape index (κ3) is 5.64. The van der Waals surface area contributed by atoms with Gasteiger partial charge in [0.1, 0.15) is 0 Å². The SMILES string of the molecule is CSCC(C)(O)CNC(=O)C(C)(C)CCl. The van der Waals surface area contributed by atoms with Gasteiger partial charge in [0, 0.05) is 18.2 Å². The van der Waals surface area contributed by atoms with Crippen LogP contribution in [0.3, 0.4) is 0 Å². The molecule has 0 heterocycles. The molecule has 0 saturated heterocycles. The third-order valence-corrected chi connectivity index (χ3v) is 3.61. The maximum atomic E-state index is 11.6. The molecular weight excluding hydrogens is 234 g/mol. The molecule has 1 amide bonds. The molecule has 0 aliphatic carbocycles. The number of nitrogens with one attached hydrogen (secondary N) is 1. The van der Waals surface area contributed by atoms with Gasteiger partial charge in [0.05, 0.1) is 11.0 Å². The zero-order valence-corrected chi connectivity index (χ0v) is 11.3. The molecule has 0 aromatic carbocycles. The van der Waals surface area contributed by atoms with Crippen LogP contribution in [0.15, 0.2) is 0 Å². The van der Waals surface area contributed by atoms with Gasteiger partial charge in [-0.2, -0.15) is 11.8 Å². The van der Waals surface area contributed by atoms with E-state index in [0.29, 0.717) is 5.75 Å². The minimum atomic E-state index is -0.864. The average Bonchev–Trinajstić information content (AvgIpc) is 2.14. The first-order valence-electron chi connectivity index (χ1n) is 4.81. The Hall–Kier alpha value is 0.0700. The summed E-state index contributed by atoms with van der Waals surface area (Å²) in [6.07, 6.45) is 1.92. The summed E-state index contributed by atoms with van der Waals surface area (Å²) in [6.45, 7) is 5.52. The first-order chi connectivity index (χ1) is 6.75. The molecule has 15 heavy (non-hydrogen) atoms. The van der Waals surface area contributed by atoms with E-state index in [4.69, 9.17) is 11.6 Å². The zero-order valence-electron chi connectivity index (χ0n) is 9.76. The summed E-state index contributed by atoms with van der Waals surface area (Å²) in [5.41, 5.74) is -1.45. The van der Waals surface area contributed by atoms with Crippen molar-refractivity contribution in [2.24, 2.45) is 5.41 Å². The van der Waals surface area contributed by atoms with Crippen LogP contribution in [0.5, 0.6) is 0 Å². The van der Waals surface area contributed by atoms with Gasteiger partial charge in [-0.3, -0.25) is 4.79 Å². The molecule has 5 heteroatoms. The van der Waals surface area contributed by atoms with Crippen LogP contribution in [0.4, 0.5) is 0 Å². The lowest BCUT2D eigenvalue weighted by Gasteiger charge is -2.26. The van der Waals surface area contributed by atoms with Crippen molar-refractivity contribution in [3.05, 3.63) is 0 Å². The molecular formula is C10H20ClNO2S. The van der Waals surface area contributed by atoms with Crippen LogP contribution in [-0.2, 0) is 4.79 Å². The molecule has 0 aromatic rings. The van der Waals surface area contributed by atoms with Gasteiger partial charge >= 0.3 is 0 Å². The number of carbonyl (C=O) groups excluding carboxylic acids is 1. The summed E-state index contributed by atoms with van der Waals surface area (Å²) >= 11 is 7.22. The molecule has 0 rings (SSSR count). The minimum absolute atomic E-state index is 0.126. The molecule has 2 N–H and O–H groups in total. The summed E-state index contributed by atoms with van der Waals surface area (Å²) in [5.74, 6) is 0.733. The van der Waals surface area contributed by atoms with E-state index in [2.05, 4.69) is 5.32 Å². The predicted molar refractivity (Wildman–Crippen MR) is 66.5 cm³/mol. The summed E-state index contributed by atoms with van der Waals surface area (Å²) in [6, 6.07) is 0. The van der Waals surface area contributed by atoms with E-state index in [1.54, 1.807) is 32.5 Å². The number of alkyl halides is 1. The fourth-order valence-electron chi connectivity index (χ4n) is 0.933. The smallest absolute Gasteiger partial charge is 0.226 e. The Balaban J connectivity index is 4.11. The summed E-state index contributed by atoms with van der Waals surface area (Å²) in [5, 5.41) is 12.5. The number of thioether (sulfide) groups is 1. The number of hydrogen-bond donors (Lipinski definition) is 2. The molecule has 0 radical (unpaired) electrons. The highest BCUT2D eigenvalue weighted by Crippen LogP contribution is 2.17. The Morgan fingerprint density at radius 2 is 2.00 bits per heavy atom. The number of carbonyl (C=O) groups is 1. The lowest BCUT2D eigenvalue weighted by atomic mass is 9.95. The molecule has 0 saturated carbocycles. The van der Waals surface area contributed by atoms with Crippen LogP contribution in [0.2, 0.25) is 0 Å². The zero-order chi connectivity index (χ0) is 12.1. The molecule has 0 aromatic heterocycles. The van der Waals surface area contributed by atoms with Gasteiger partial charge in [0.2, 0.25) is 5.91 Å². The molecule has 0 spiro atoms. The first kappa shape index (κ1) is 15.1. The molecule has 0 bridgehead atoms. The minimum Gasteiger partial charge on any atom is -0.387 e. The first-order valence-corrected chi connectivity index (χ1v) is 6.73. The Morgan fingerprint density at radius 1 is 1.47 bits per heavy atom. The summed E-state index contributed by atoms with van der Waals surface area (Å²) in [7, 11) is 0. The Morgan fingerprint density at radius 3 is 2.40 bits per heavy atom. The average molecular weight is 254 g/mol. The summed E-state index contributed by atoms with van der Waals surface area (Å²) in [4.78, 5) is 11.6. The van der Waals surface area contributed by atoms with Gasteiger partial charge in [0.15, 0.2) is 0 Å². The van der Waals surface area contributed by atoms with E-state index < -0.39 is 11.0 Å². The lowest BCUT2D eigenvalue weighted by Crippen LogP contribution is -2.47. The second-order valence-electron chi connectivity index (χ2n) is 4.63. The van der Waals surface area contributed by atoms with Crippen molar-refractivity contribution in [3.63, 3.8) is 0 Å². The van der Waals surface area contributed by atoms with Gasteiger partial charge in [-0.1, -0.05) is 0 Å². The largest absolute Gasteiger partial charge is 0.387 e. The number of rotatable bonds is 6. The third-order valence-electron chi connectivity index (χ3n) is 2.03. The Labute approximate surface area is 101 Å². The van der Waals surface area contributed by atoms with E-state index in [-0.39, 0.29) is 18.3 Å². The topological polar surface area (TPSA) is 49.3 Å². The van der Waals surface area contributed by atoms with Crippen molar-refractivity contribution < 1.29 is 9.90 Å². The van der Waals surface area contributed by atoms with E-state index in [1.165, 1.54) is 0 Å². The van der Waals surface area contributed by atoms with Crippen molar-refractivity contribution in [1.82, 2.24) is 5.32 Å². The highest BCUT2D eigenvalue weighted by molar-refractivity contribution is 7.98. The van der Waals surface area contributed by atoms with Crippen molar-refractivity contribution in [3.8, 4) is 0 Å². The quantitative estimate of drug-likeness (QED) is 0.705. The second-order valence-corrected chi connectivity index (χ2v) is 5.76. The van der Waals surface area contributed by atoms with Gasteiger partial charge in [-0.05, 0) is 27.0 Å². The monoisotopic (exact) mass is 253 g/mol. The van der Waals surface area contributed by atoms with Gasteiger partial charge in [-0.15, -0.1) is 11.6 Å². The van der Waals surface area contributed by atoms with Crippen LogP contribution in [0.25, 0.3) is 0 Å². The number of amides is 1. The van der Waals surface area contributed by atoms with Crippen LogP contribution >= 0.6 is 23.4 Å². The fourth-order valence-corrected chi connectivity index (χ4v) is 1.78. The van der Waals surface area contributed by atoms with E-state index in [9.17, 15) is 9.90 Å². The van der Waals surface area contributed by atoms with Crippen LogP contribution in [0.1, 0.15) is 20.8 Å². The van der Waals surface area contributed by atoms with Crippen molar-refractivity contribution in [2.75, 3.05) is 24.4 Å². The van der Waals surface area contributed by atoms with Gasteiger partial charge in [0.25, 0.3) is 0 Å². The molecule has 0 fully saturated rings. The van der Waals surface area contributed by atoms with E-state index >= 15 is 0 Å². The Bertz CT molecular complexity index is 219. The van der Waals surface area contributed by atoms with Crippen LogP contribution < -0.4 is 5.32 Å². The molecule has 0 aliphatic rings. The standard InChI is InChI=1S/C10H20ClNO2S/c1-9(2,5-11)8(13)12-6-10(3,14)7-15-4/h14H,5-7H2,1-4H3,(H,12,13). The Kier molecular flexibility index (Phi) is 5.99. The predicted octanol–water partition coefficient (Wildman–Crippen LogP) is 1.48. The lowest BCUT2D eigenvalue weighted by molar-refractivity contribution is -0.129. The summed E-state index contributed by atoms with van der Waals surface area (Å²) < 4.78 is 0. The maximum Gasteiger partial charge on any atom is 0.226 e. The van der Waals surface area contributed by atoms with Gasteiger partial charge in [-0.25, -0.2) is 0 Å². The van der Waals surface area contributed by atoms with Crippen LogP contribution in [-0.4, -0.2) is 41.0 Å². The second kappa shape index (κ2) is 5.97. The van der Waals surface area contributed by atoms with Crippen molar-refractivity contribution in [2.45, 2.75) is 26.4 Å². The van der Waals surface area contributed by atoms with Crippen molar-refractivity contribution >= 4 is 29.3 Å². The number of halogens is 1. The molecule has 90 valence electrons. The normalized spacial score (nSPS) is 15.9. The van der Waals surface area contributed by atoms with Gasteiger partial charge < -0.3 is 10.4 Å². The molecule has 1 unspecified atom stereocenters. The van der Waals surface area contributed by atoms with Crippen LogP contribution in [0, 0.1) is 5.41 Å². The van der Waals surface area contributed by atoms with E-state index in [0.717, 1.165) is 0 Å². The molecule has 0 aliphatic heterocycles. The maximum absolute atomic E-state index is 11.6. The fraction of sp³-hybridized carbons (Fsp3) is 0.900. The number of hydrogen-bond acceptors (Lipinski definition) is 3. The molecule has 1 atom stereocenters. The highest BCUT2D eigenvalue weighted by atomic mass is 35.5. The number of aliphatic hydroxyl groups is 1.